The predicted molar refractivity (Wildman–Crippen MR) is 58.9 cm³/mol. The van der Waals surface area contributed by atoms with Gasteiger partial charge in [-0.05, 0) is 18.1 Å². The van der Waals surface area contributed by atoms with Crippen LogP contribution in [0.2, 0.25) is 0 Å². The first-order valence-corrected chi connectivity index (χ1v) is 4.84. The Morgan fingerprint density at radius 3 is 3.06 bits per heavy atom. The van der Waals surface area contributed by atoms with Crippen LogP contribution in [-0.4, -0.2) is 27.1 Å². The zero-order chi connectivity index (χ0) is 11.5. The molecule has 0 spiro atoms. The second-order valence-corrected chi connectivity index (χ2v) is 3.52. The minimum Gasteiger partial charge on any atom is -0.480 e. The van der Waals surface area contributed by atoms with Crippen molar-refractivity contribution in [2.45, 2.75) is 12.5 Å². The summed E-state index contributed by atoms with van der Waals surface area (Å²) in [4.78, 5) is 18.7. The summed E-state index contributed by atoms with van der Waals surface area (Å²) in [6, 6.07) is 4.63. The summed E-state index contributed by atoms with van der Waals surface area (Å²) in [6.45, 7) is 0. The van der Waals surface area contributed by atoms with Crippen LogP contribution in [0.3, 0.4) is 0 Å². The highest BCUT2D eigenvalue weighted by molar-refractivity contribution is 5.82. The fourth-order valence-corrected chi connectivity index (χ4v) is 1.57. The van der Waals surface area contributed by atoms with Crippen LogP contribution in [-0.2, 0) is 11.2 Å². The minimum atomic E-state index is -1.01. The van der Waals surface area contributed by atoms with Crippen LogP contribution in [0.4, 0.5) is 0 Å². The molecule has 3 N–H and O–H groups in total. The lowest BCUT2D eigenvalue weighted by Gasteiger charge is -2.08. The highest BCUT2D eigenvalue weighted by atomic mass is 16.4. The molecule has 2 aromatic rings. The topological polar surface area (TPSA) is 89.1 Å². The Kier molecular flexibility index (Phi) is 2.78. The molecule has 0 radical (unpaired) electrons. The summed E-state index contributed by atoms with van der Waals surface area (Å²) >= 11 is 0. The largest absolute Gasteiger partial charge is 0.480 e. The Hall–Kier alpha value is -2.01. The number of benzene rings is 1. The molecule has 1 heterocycles. The summed E-state index contributed by atoms with van der Waals surface area (Å²) in [5.41, 5.74) is 7.15. The molecule has 1 aromatic heterocycles. The number of carbonyl (C=O) groups is 1. The SMILES string of the molecule is N[C@@H](Cc1cccc2ncncc12)C(=O)O. The molecule has 82 valence electrons. The number of aliphatic carboxylic acids is 1. The monoisotopic (exact) mass is 217 g/mol. The fraction of sp³-hybridized carbons (Fsp3) is 0.182. The summed E-state index contributed by atoms with van der Waals surface area (Å²) in [5, 5.41) is 9.61. The van der Waals surface area contributed by atoms with E-state index >= 15 is 0 Å². The molecule has 0 unspecified atom stereocenters. The van der Waals surface area contributed by atoms with Crippen molar-refractivity contribution in [1.82, 2.24) is 9.97 Å². The van der Waals surface area contributed by atoms with Crippen LogP contribution < -0.4 is 5.73 Å². The molecule has 0 aliphatic heterocycles. The normalized spacial score (nSPS) is 12.6. The molecule has 5 heteroatoms. The van der Waals surface area contributed by atoms with Crippen molar-refractivity contribution >= 4 is 16.9 Å². The van der Waals surface area contributed by atoms with E-state index in [1.807, 2.05) is 18.2 Å². The van der Waals surface area contributed by atoms with E-state index < -0.39 is 12.0 Å². The summed E-state index contributed by atoms with van der Waals surface area (Å²) in [7, 11) is 0. The third kappa shape index (κ3) is 1.99. The highest BCUT2D eigenvalue weighted by Gasteiger charge is 2.13. The molecular weight excluding hydrogens is 206 g/mol. The van der Waals surface area contributed by atoms with Crippen LogP contribution in [0.1, 0.15) is 5.56 Å². The number of carboxylic acid groups (broad SMARTS) is 1. The van der Waals surface area contributed by atoms with Gasteiger partial charge in [-0.15, -0.1) is 0 Å². The lowest BCUT2D eigenvalue weighted by atomic mass is 10.0. The van der Waals surface area contributed by atoms with E-state index in [-0.39, 0.29) is 6.42 Å². The molecule has 0 aliphatic carbocycles. The molecule has 0 aliphatic rings. The molecule has 0 saturated carbocycles. The number of hydrogen-bond acceptors (Lipinski definition) is 4. The number of fused-ring (bicyclic) bond motifs is 1. The average molecular weight is 217 g/mol. The summed E-state index contributed by atoms with van der Waals surface area (Å²) in [6.07, 6.45) is 3.41. The van der Waals surface area contributed by atoms with Gasteiger partial charge in [0.05, 0.1) is 5.52 Å². The number of rotatable bonds is 3. The van der Waals surface area contributed by atoms with Gasteiger partial charge in [0, 0.05) is 11.6 Å². The van der Waals surface area contributed by atoms with Gasteiger partial charge in [-0.25, -0.2) is 9.97 Å². The molecule has 0 fully saturated rings. The van der Waals surface area contributed by atoms with Gasteiger partial charge in [-0.3, -0.25) is 4.79 Å². The van der Waals surface area contributed by atoms with Crippen molar-refractivity contribution in [2.24, 2.45) is 5.73 Å². The van der Waals surface area contributed by atoms with Gasteiger partial charge in [0.25, 0.3) is 0 Å². The van der Waals surface area contributed by atoms with E-state index in [1.54, 1.807) is 6.20 Å². The second-order valence-electron chi connectivity index (χ2n) is 3.52. The third-order valence-electron chi connectivity index (χ3n) is 2.40. The third-order valence-corrected chi connectivity index (χ3v) is 2.40. The van der Waals surface area contributed by atoms with Gasteiger partial charge in [-0.2, -0.15) is 0 Å². The zero-order valence-corrected chi connectivity index (χ0v) is 8.50. The van der Waals surface area contributed by atoms with Gasteiger partial charge in [0.2, 0.25) is 0 Å². The minimum absolute atomic E-state index is 0.278. The maximum Gasteiger partial charge on any atom is 0.320 e. The van der Waals surface area contributed by atoms with Crippen LogP contribution in [0.25, 0.3) is 10.9 Å². The van der Waals surface area contributed by atoms with E-state index in [2.05, 4.69) is 9.97 Å². The standard InChI is InChI=1S/C11H11N3O2/c12-9(11(15)16)4-7-2-1-3-10-8(7)5-13-6-14-10/h1-3,5-6,9H,4,12H2,(H,15,16)/t9-/m0/s1. The lowest BCUT2D eigenvalue weighted by Crippen LogP contribution is -2.32. The Balaban J connectivity index is 2.41. The summed E-state index contributed by atoms with van der Waals surface area (Å²) < 4.78 is 0. The molecular formula is C11H11N3O2. The number of aromatic nitrogens is 2. The van der Waals surface area contributed by atoms with Crippen molar-refractivity contribution in [1.29, 1.82) is 0 Å². The Morgan fingerprint density at radius 2 is 2.31 bits per heavy atom. The zero-order valence-electron chi connectivity index (χ0n) is 8.50. The van der Waals surface area contributed by atoms with Crippen LogP contribution in [0.5, 0.6) is 0 Å². The van der Waals surface area contributed by atoms with Crippen LogP contribution in [0, 0.1) is 0 Å². The van der Waals surface area contributed by atoms with Gasteiger partial charge in [0.15, 0.2) is 0 Å². The maximum atomic E-state index is 10.7. The molecule has 0 bridgehead atoms. The molecule has 1 aromatic carbocycles. The number of carboxylic acids is 1. The maximum absolute atomic E-state index is 10.7. The second kappa shape index (κ2) is 4.24. The van der Waals surface area contributed by atoms with Crippen molar-refractivity contribution < 1.29 is 9.90 Å². The molecule has 1 atom stereocenters. The summed E-state index contributed by atoms with van der Waals surface area (Å²) in [5.74, 6) is -1.01. The molecule has 16 heavy (non-hydrogen) atoms. The van der Waals surface area contributed by atoms with Crippen LogP contribution in [0.15, 0.2) is 30.7 Å². The quantitative estimate of drug-likeness (QED) is 0.785. The van der Waals surface area contributed by atoms with E-state index in [0.29, 0.717) is 0 Å². The van der Waals surface area contributed by atoms with Gasteiger partial charge in [-0.1, -0.05) is 12.1 Å². The number of hydrogen-bond donors (Lipinski definition) is 2. The smallest absolute Gasteiger partial charge is 0.320 e. The number of nitrogens with two attached hydrogens (primary N) is 1. The Bertz CT molecular complexity index is 522. The van der Waals surface area contributed by atoms with Crippen molar-refractivity contribution in [2.75, 3.05) is 0 Å². The van der Waals surface area contributed by atoms with E-state index in [4.69, 9.17) is 10.8 Å². The molecule has 0 saturated heterocycles. The Labute approximate surface area is 91.9 Å². The Morgan fingerprint density at radius 1 is 1.50 bits per heavy atom. The predicted octanol–water partition coefficient (Wildman–Crippen LogP) is 0.584. The average Bonchev–Trinajstić information content (AvgIpc) is 2.29. The van der Waals surface area contributed by atoms with Crippen molar-refractivity contribution in [3.8, 4) is 0 Å². The highest BCUT2D eigenvalue weighted by Crippen LogP contribution is 2.16. The van der Waals surface area contributed by atoms with Gasteiger partial charge in [0.1, 0.15) is 12.4 Å². The van der Waals surface area contributed by atoms with E-state index in [9.17, 15) is 4.79 Å². The van der Waals surface area contributed by atoms with Gasteiger partial charge < -0.3 is 10.8 Å². The molecule has 2 rings (SSSR count). The van der Waals surface area contributed by atoms with Crippen molar-refractivity contribution in [3.63, 3.8) is 0 Å². The molecule has 5 nitrogen and oxygen atoms in total. The van der Waals surface area contributed by atoms with Crippen molar-refractivity contribution in [3.05, 3.63) is 36.3 Å². The first kappa shape index (κ1) is 10.5. The van der Waals surface area contributed by atoms with Crippen LogP contribution >= 0.6 is 0 Å². The van der Waals surface area contributed by atoms with E-state index in [0.717, 1.165) is 16.5 Å². The van der Waals surface area contributed by atoms with E-state index in [1.165, 1.54) is 6.33 Å². The first-order valence-electron chi connectivity index (χ1n) is 4.84. The fourth-order valence-electron chi connectivity index (χ4n) is 1.57. The number of nitrogens with zero attached hydrogens (tertiary/aromatic N) is 2. The molecule has 0 amide bonds. The van der Waals surface area contributed by atoms with Gasteiger partial charge >= 0.3 is 5.97 Å². The lowest BCUT2D eigenvalue weighted by molar-refractivity contribution is -0.138. The first-order chi connectivity index (χ1) is 7.68.